The molecular formula is C11H18BrN5. The predicted molar refractivity (Wildman–Crippen MR) is 72.5 cm³/mol. The van der Waals surface area contributed by atoms with Crippen LogP contribution < -0.4 is 16.6 Å². The summed E-state index contributed by atoms with van der Waals surface area (Å²) in [5.74, 6) is 8.37. The van der Waals surface area contributed by atoms with Gasteiger partial charge in [0.2, 0.25) is 0 Å². The zero-order valence-electron chi connectivity index (χ0n) is 9.91. The fraction of sp³-hybridized carbons (Fsp3) is 0.636. The summed E-state index contributed by atoms with van der Waals surface area (Å²) >= 11 is 3.43. The van der Waals surface area contributed by atoms with Crippen LogP contribution in [0.2, 0.25) is 0 Å². The Morgan fingerprint density at radius 2 is 2.18 bits per heavy atom. The number of anilines is 2. The summed E-state index contributed by atoms with van der Waals surface area (Å²) in [5.41, 5.74) is 2.53. The number of hydrogen-bond acceptors (Lipinski definition) is 5. The molecular weight excluding hydrogens is 282 g/mol. The van der Waals surface area contributed by atoms with E-state index in [9.17, 15) is 0 Å². The van der Waals surface area contributed by atoms with Crippen molar-refractivity contribution in [3.63, 3.8) is 0 Å². The molecule has 0 aromatic carbocycles. The Morgan fingerprint density at radius 1 is 1.41 bits per heavy atom. The summed E-state index contributed by atoms with van der Waals surface area (Å²) in [4.78, 5) is 8.22. The number of rotatable bonds is 4. The Balaban J connectivity index is 1.95. The highest BCUT2D eigenvalue weighted by Gasteiger charge is 2.21. The maximum absolute atomic E-state index is 5.36. The summed E-state index contributed by atoms with van der Waals surface area (Å²) in [6.07, 6.45) is 5.45. The van der Waals surface area contributed by atoms with E-state index in [1.807, 2.05) is 0 Å². The Labute approximate surface area is 110 Å². The van der Waals surface area contributed by atoms with E-state index in [0.29, 0.717) is 5.82 Å². The van der Waals surface area contributed by atoms with Crippen molar-refractivity contribution in [1.29, 1.82) is 0 Å². The van der Waals surface area contributed by atoms with Crippen molar-refractivity contribution in [2.75, 3.05) is 17.3 Å². The lowest BCUT2D eigenvalue weighted by Crippen LogP contribution is -2.15. The van der Waals surface area contributed by atoms with Gasteiger partial charge < -0.3 is 10.7 Å². The highest BCUT2D eigenvalue weighted by Crippen LogP contribution is 2.31. The van der Waals surface area contributed by atoms with Crippen molar-refractivity contribution in [3.05, 3.63) is 10.8 Å². The molecule has 0 radical (unpaired) electrons. The SMILES string of the molecule is CC1CCC(CNc2ncnc(NN)c2Br)C1. The monoisotopic (exact) mass is 299 g/mol. The third-order valence-electron chi connectivity index (χ3n) is 3.29. The van der Waals surface area contributed by atoms with Crippen molar-refractivity contribution in [2.45, 2.75) is 26.2 Å². The van der Waals surface area contributed by atoms with Gasteiger partial charge in [0.05, 0.1) is 0 Å². The van der Waals surface area contributed by atoms with Crippen LogP contribution in [0.5, 0.6) is 0 Å². The highest BCUT2D eigenvalue weighted by atomic mass is 79.9. The van der Waals surface area contributed by atoms with Crippen LogP contribution >= 0.6 is 15.9 Å². The normalized spacial score (nSPS) is 23.7. The molecule has 1 aromatic heterocycles. The number of nitrogens with zero attached hydrogens (tertiary/aromatic N) is 2. The van der Waals surface area contributed by atoms with Gasteiger partial charge in [-0.2, -0.15) is 0 Å². The van der Waals surface area contributed by atoms with E-state index in [-0.39, 0.29) is 0 Å². The van der Waals surface area contributed by atoms with Gasteiger partial charge in [0.1, 0.15) is 16.6 Å². The largest absolute Gasteiger partial charge is 0.369 e. The first-order valence-electron chi connectivity index (χ1n) is 5.91. The second-order valence-electron chi connectivity index (χ2n) is 4.69. The lowest BCUT2D eigenvalue weighted by atomic mass is 10.1. The van der Waals surface area contributed by atoms with Crippen LogP contribution in [0.3, 0.4) is 0 Å². The zero-order valence-corrected chi connectivity index (χ0v) is 11.5. The van der Waals surface area contributed by atoms with Crippen LogP contribution in [-0.2, 0) is 0 Å². The van der Waals surface area contributed by atoms with E-state index >= 15 is 0 Å². The highest BCUT2D eigenvalue weighted by molar-refractivity contribution is 9.10. The van der Waals surface area contributed by atoms with Gasteiger partial charge in [-0.25, -0.2) is 15.8 Å². The van der Waals surface area contributed by atoms with Crippen LogP contribution in [0.15, 0.2) is 10.8 Å². The van der Waals surface area contributed by atoms with E-state index in [4.69, 9.17) is 5.84 Å². The first-order chi connectivity index (χ1) is 8.20. The van der Waals surface area contributed by atoms with E-state index in [1.54, 1.807) is 0 Å². The second-order valence-corrected chi connectivity index (χ2v) is 5.49. The predicted octanol–water partition coefficient (Wildman–Crippen LogP) is 2.37. The Kier molecular flexibility index (Phi) is 4.17. The van der Waals surface area contributed by atoms with Gasteiger partial charge in [0.15, 0.2) is 5.82 Å². The Bertz CT molecular complexity index is 384. The van der Waals surface area contributed by atoms with Gasteiger partial charge in [-0.15, -0.1) is 0 Å². The van der Waals surface area contributed by atoms with E-state index < -0.39 is 0 Å². The molecule has 4 N–H and O–H groups in total. The van der Waals surface area contributed by atoms with Crippen LogP contribution in [0, 0.1) is 11.8 Å². The molecule has 17 heavy (non-hydrogen) atoms. The Hall–Kier alpha value is -0.880. The quantitative estimate of drug-likeness (QED) is 0.588. The first-order valence-corrected chi connectivity index (χ1v) is 6.71. The van der Waals surface area contributed by atoms with E-state index in [0.717, 1.165) is 28.7 Å². The molecule has 0 bridgehead atoms. The summed E-state index contributed by atoms with van der Waals surface area (Å²) in [5, 5.41) is 3.36. The number of aromatic nitrogens is 2. The van der Waals surface area contributed by atoms with Gasteiger partial charge in [-0.05, 0) is 40.6 Å². The molecule has 1 aromatic rings. The van der Waals surface area contributed by atoms with Gasteiger partial charge in [-0.3, -0.25) is 0 Å². The molecule has 5 nitrogen and oxygen atoms in total. The van der Waals surface area contributed by atoms with Crippen molar-refractivity contribution in [2.24, 2.45) is 17.7 Å². The fourth-order valence-corrected chi connectivity index (χ4v) is 2.80. The molecule has 94 valence electrons. The van der Waals surface area contributed by atoms with E-state index in [1.165, 1.54) is 25.6 Å². The number of nitrogens with one attached hydrogen (secondary N) is 2. The maximum Gasteiger partial charge on any atom is 0.159 e. The van der Waals surface area contributed by atoms with Crippen LogP contribution in [0.1, 0.15) is 26.2 Å². The van der Waals surface area contributed by atoms with Crippen LogP contribution in [-0.4, -0.2) is 16.5 Å². The number of hydrogen-bond donors (Lipinski definition) is 3. The summed E-state index contributed by atoms with van der Waals surface area (Å²) in [6.45, 7) is 3.28. The lowest BCUT2D eigenvalue weighted by Gasteiger charge is -2.13. The third-order valence-corrected chi connectivity index (χ3v) is 4.04. The molecule has 6 heteroatoms. The minimum atomic E-state index is 0.599. The standard InChI is InChI=1S/C11H18BrN5/c1-7-2-3-8(4-7)5-14-10-9(12)11(17-13)16-6-15-10/h6-8H,2-5,13H2,1H3,(H2,14,15,16,17). The average Bonchev–Trinajstić information content (AvgIpc) is 2.74. The number of hydrazine groups is 1. The van der Waals surface area contributed by atoms with Crippen LogP contribution in [0.4, 0.5) is 11.6 Å². The van der Waals surface area contributed by atoms with Gasteiger partial charge in [0.25, 0.3) is 0 Å². The minimum Gasteiger partial charge on any atom is -0.369 e. The summed E-state index contributed by atoms with van der Waals surface area (Å²) < 4.78 is 0.786. The number of nitrogens with two attached hydrogens (primary N) is 1. The summed E-state index contributed by atoms with van der Waals surface area (Å²) in [7, 11) is 0. The molecule has 1 saturated carbocycles. The maximum atomic E-state index is 5.36. The zero-order chi connectivity index (χ0) is 12.3. The molecule has 2 atom stereocenters. The van der Waals surface area contributed by atoms with Gasteiger partial charge in [0, 0.05) is 6.54 Å². The molecule has 1 heterocycles. The smallest absolute Gasteiger partial charge is 0.159 e. The molecule has 0 spiro atoms. The average molecular weight is 300 g/mol. The third kappa shape index (κ3) is 3.07. The number of nitrogen functional groups attached to an aromatic ring is 1. The van der Waals surface area contributed by atoms with Crippen molar-refractivity contribution >= 4 is 27.6 Å². The van der Waals surface area contributed by atoms with Crippen molar-refractivity contribution in [3.8, 4) is 0 Å². The molecule has 0 aliphatic heterocycles. The molecule has 1 fully saturated rings. The van der Waals surface area contributed by atoms with Crippen molar-refractivity contribution < 1.29 is 0 Å². The van der Waals surface area contributed by atoms with Gasteiger partial charge in [-0.1, -0.05) is 13.3 Å². The molecule has 1 aliphatic carbocycles. The first kappa shape index (κ1) is 12.6. The molecule has 2 unspecified atom stereocenters. The molecule has 0 amide bonds. The van der Waals surface area contributed by atoms with Gasteiger partial charge >= 0.3 is 0 Å². The fourth-order valence-electron chi connectivity index (χ4n) is 2.35. The number of halogens is 1. The molecule has 0 saturated heterocycles. The second kappa shape index (κ2) is 5.64. The minimum absolute atomic E-state index is 0.599. The molecule has 2 rings (SSSR count). The Morgan fingerprint density at radius 3 is 2.82 bits per heavy atom. The van der Waals surface area contributed by atoms with Crippen molar-refractivity contribution in [1.82, 2.24) is 9.97 Å². The topological polar surface area (TPSA) is 75.9 Å². The van der Waals surface area contributed by atoms with Crippen LogP contribution in [0.25, 0.3) is 0 Å². The van der Waals surface area contributed by atoms with E-state index in [2.05, 4.69) is 43.6 Å². The molecule has 1 aliphatic rings. The lowest BCUT2D eigenvalue weighted by molar-refractivity contribution is 0.536. The summed E-state index contributed by atoms with van der Waals surface area (Å²) in [6, 6.07) is 0.